The van der Waals surface area contributed by atoms with Gasteiger partial charge in [-0.25, -0.2) is 4.39 Å². The summed E-state index contributed by atoms with van der Waals surface area (Å²) in [6, 6.07) is 7.49. The third kappa shape index (κ3) is 4.07. The van der Waals surface area contributed by atoms with E-state index in [2.05, 4.69) is 17.1 Å². The molecular formula is C15H23FN2. The van der Waals surface area contributed by atoms with Gasteiger partial charge in [0, 0.05) is 19.1 Å². The number of halogens is 1. The molecule has 3 heteroatoms. The van der Waals surface area contributed by atoms with Gasteiger partial charge in [0.2, 0.25) is 0 Å². The van der Waals surface area contributed by atoms with Crippen molar-refractivity contribution in [2.75, 3.05) is 19.6 Å². The SMILES string of the molecule is CCCC1CN(Cc2ccc(F)cc2)CCCN1. The molecule has 100 valence electrons. The fourth-order valence-electron chi connectivity index (χ4n) is 2.61. The van der Waals surface area contributed by atoms with Crippen LogP contribution in [0.3, 0.4) is 0 Å². The van der Waals surface area contributed by atoms with Crippen molar-refractivity contribution in [2.45, 2.75) is 38.8 Å². The summed E-state index contributed by atoms with van der Waals surface area (Å²) in [6.45, 7) is 6.51. The molecule has 1 aromatic carbocycles. The lowest BCUT2D eigenvalue weighted by atomic mass is 10.1. The zero-order chi connectivity index (χ0) is 12.8. The van der Waals surface area contributed by atoms with Crippen molar-refractivity contribution in [2.24, 2.45) is 0 Å². The van der Waals surface area contributed by atoms with Gasteiger partial charge < -0.3 is 5.32 Å². The molecule has 1 unspecified atom stereocenters. The highest BCUT2D eigenvalue weighted by Crippen LogP contribution is 2.11. The highest BCUT2D eigenvalue weighted by atomic mass is 19.1. The molecule has 1 aromatic rings. The van der Waals surface area contributed by atoms with Crippen molar-refractivity contribution in [1.82, 2.24) is 10.2 Å². The molecule has 0 bridgehead atoms. The van der Waals surface area contributed by atoms with E-state index in [-0.39, 0.29) is 5.82 Å². The molecule has 0 spiro atoms. The van der Waals surface area contributed by atoms with Crippen LogP contribution in [-0.2, 0) is 6.54 Å². The van der Waals surface area contributed by atoms with Gasteiger partial charge in [-0.05, 0) is 43.6 Å². The largest absolute Gasteiger partial charge is 0.313 e. The van der Waals surface area contributed by atoms with E-state index in [1.807, 2.05) is 12.1 Å². The Bertz CT molecular complexity index is 350. The Morgan fingerprint density at radius 3 is 2.83 bits per heavy atom. The summed E-state index contributed by atoms with van der Waals surface area (Å²) < 4.78 is 12.9. The molecule has 0 amide bonds. The second-order valence-corrected chi connectivity index (χ2v) is 5.15. The summed E-state index contributed by atoms with van der Waals surface area (Å²) in [4.78, 5) is 2.48. The predicted molar refractivity (Wildman–Crippen MR) is 73.0 cm³/mol. The highest BCUT2D eigenvalue weighted by Gasteiger charge is 2.16. The maximum absolute atomic E-state index is 12.9. The molecule has 2 rings (SSSR count). The van der Waals surface area contributed by atoms with Gasteiger partial charge in [-0.3, -0.25) is 4.90 Å². The standard InChI is InChI=1S/C15H23FN2/c1-2-4-15-12-18(10-3-9-17-15)11-13-5-7-14(16)8-6-13/h5-8,15,17H,2-4,9-12H2,1H3. The van der Waals surface area contributed by atoms with Gasteiger partial charge in [-0.2, -0.15) is 0 Å². The summed E-state index contributed by atoms with van der Waals surface area (Å²) in [7, 11) is 0. The monoisotopic (exact) mass is 250 g/mol. The summed E-state index contributed by atoms with van der Waals surface area (Å²) >= 11 is 0. The molecule has 1 fully saturated rings. The van der Waals surface area contributed by atoms with Crippen molar-refractivity contribution in [3.05, 3.63) is 35.6 Å². The normalized spacial score (nSPS) is 21.8. The van der Waals surface area contributed by atoms with Gasteiger partial charge in [0.05, 0.1) is 0 Å². The maximum Gasteiger partial charge on any atom is 0.123 e. The van der Waals surface area contributed by atoms with E-state index < -0.39 is 0 Å². The first-order valence-electron chi connectivity index (χ1n) is 6.98. The minimum Gasteiger partial charge on any atom is -0.313 e. The fraction of sp³-hybridized carbons (Fsp3) is 0.600. The van der Waals surface area contributed by atoms with E-state index >= 15 is 0 Å². The van der Waals surface area contributed by atoms with Crippen LogP contribution in [0.15, 0.2) is 24.3 Å². The molecule has 18 heavy (non-hydrogen) atoms. The van der Waals surface area contributed by atoms with Crippen LogP contribution in [0.1, 0.15) is 31.7 Å². The first-order chi connectivity index (χ1) is 8.78. The van der Waals surface area contributed by atoms with E-state index in [0.29, 0.717) is 6.04 Å². The summed E-state index contributed by atoms with van der Waals surface area (Å²) in [5.74, 6) is -0.153. The Labute approximate surface area is 109 Å². The minimum absolute atomic E-state index is 0.153. The number of rotatable bonds is 4. The topological polar surface area (TPSA) is 15.3 Å². The number of hydrogen-bond acceptors (Lipinski definition) is 2. The van der Waals surface area contributed by atoms with Crippen molar-refractivity contribution in [3.63, 3.8) is 0 Å². The molecule has 1 saturated heterocycles. The zero-order valence-electron chi connectivity index (χ0n) is 11.2. The Balaban J connectivity index is 1.92. The van der Waals surface area contributed by atoms with E-state index in [4.69, 9.17) is 0 Å². The van der Waals surface area contributed by atoms with Gasteiger partial charge in [0.15, 0.2) is 0 Å². The first-order valence-corrected chi connectivity index (χ1v) is 6.98. The van der Waals surface area contributed by atoms with E-state index in [1.165, 1.54) is 24.8 Å². The number of hydrogen-bond donors (Lipinski definition) is 1. The zero-order valence-corrected chi connectivity index (χ0v) is 11.2. The van der Waals surface area contributed by atoms with Crippen LogP contribution < -0.4 is 5.32 Å². The quantitative estimate of drug-likeness (QED) is 0.884. The molecule has 0 aromatic heterocycles. The van der Waals surface area contributed by atoms with Gasteiger partial charge >= 0.3 is 0 Å². The van der Waals surface area contributed by atoms with Gasteiger partial charge in [0.1, 0.15) is 5.82 Å². The van der Waals surface area contributed by atoms with Crippen LogP contribution in [0, 0.1) is 5.82 Å². The van der Waals surface area contributed by atoms with Crippen LogP contribution in [-0.4, -0.2) is 30.6 Å². The molecule has 0 aliphatic carbocycles. The predicted octanol–water partition coefficient (Wildman–Crippen LogP) is 2.79. The molecule has 1 aliphatic rings. The minimum atomic E-state index is -0.153. The van der Waals surface area contributed by atoms with Crippen LogP contribution >= 0.6 is 0 Å². The molecule has 0 radical (unpaired) electrons. The van der Waals surface area contributed by atoms with Crippen LogP contribution in [0.25, 0.3) is 0 Å². The Kier molecular flexibility index (Phi) is 5.14. The van der Waals surface area contributed by atoms with Crippen LogP contribution in [0.2, 0.25) is 0 Å². The van der Waals surface area contributed by atoms with Crippen molar-refractivity contribution in [3.8, 4) is 0 Å². The van der Waals surface area contributed by atoms with Crippen LogP contribution in [0.4, 0.5) is 4.39 Å². The number of benzene rings is 1. The second-order valence-electron chi connectivity index (χ2n) is 5.15. The van der Waals surface area contributed by atoms with E-state index in [0.717, 1.165) is 26.2 Å². The van der Waals surface area contributed by atoms with Gasteiger partial charge in [-0.15, -0.1) is 0 Å². The fourth-order valence-corrected chi connectivity index (χ4v) is 2.61. The van der Waals surface area contributed by atoms with E-state index in [1.54, 1.807) is 12.1 Å². The first kappa shape index (κ1) is 13.5. The van der Waals surface area contributed by atoms with Gasteiger partial charge in [0.25, 0.3) is 0 Å². The average molecular weight is 250 g/mol. The molecule has 1 N–H and O–H groups in total. The summed E-state index contributed by atoms with van der Waals surface area (Å²) in [5, 5.41) is 3.61. The smallest absolute Gasteiger partial charge is 0.123 e. The molecule has 2 nitrogen and oxygen atoms in total. The van der Waals surface area contributed by atoms with Gasteiger partial charge in [-0.1, -0.05) is 25.5 Å². The molecular weight excluding hydrogens is 227 g/mol. The third-order valence-electron chi connectivity index (χ3n) is 3.52. The third-order valence-corrected chi connectivity index (χ3v) is 3.52. The molecule has 1 atom stereocenters. The number of nitrogens with one attached hydrogen (secondary N) is 1. The Morgan fingerprint density at radius 2 is 2.11 bits per heavy atom. The molecule has 0 saturated carbocycles. The van der Waals surface area contributed by atoms with Crippen molar-refractivity contribution in [1.29, 1.82) is 0 Å². The second kappa shape index (κ2) is 6.86. The average Bonchev–Trinajstić information content (AvgIpc) is 2.58. The number of nitrogens with zero attached hydrogens (tertiary/aromatic N) is 1. The van der Waals surface area contributed by atoms with E-state index in [9.17, 15) is 4.39 Å². The molecule has 1 heterocycles. The molecule has 1 aliphatic heterocycles. The van der Waals surface area contributed by atoms with Crippen molar-refractivity contribution >= 4 is 0 Å². The van der Waals surface area contributed by atoms with Crippen molar-refractivity contribution < 1.29 is 4.39 Å². The lowest BCUT2D eigenvalue weighted by Crippen LogP contribution is -2.37. The highest BCUT2D eigenvalue weighted by molar-refractivity contribution is 5.15. The van der Waals surface area contributed by atoms with Crippen LogP contribution in [0.5, 0.6) is 0 Å². The Morgan fingerprint density at radius 1 is 1.33 bits per heavy atom. The lowest BCUT2D eigenvalue weighted by Gasteiger charge is -2.24. The maximum atomic E-state index is 12.9. The summed E-state index contributed by atoms with van der Waals surface area (Å²) in [6.07, 6.45) is 3.66. The summed E-state index contributed by atoms with van der Waals surface area (Å²) in [5.41, 5.74) is 1.20. The lowest BCUT2D eigenvalue weighted by molar-refractivity contribution is 0.255. The Hall–Kier alpha value is -0.930.